The Bertz CT molecular complexity index is 658. The van der Waals surface area contributed by atoms with Gasteiger partial charge in [0.2, 0.25) is 5.91 Å². The van der Waals surface area contributed by atoms with Gasteiger partial charge in [-0.1, -0.05) is 38.1 Å². The maximum absolute atomic E-state index is 12.6. The molecule has 0 aromatic heterocycles. The standard InChI is InChI=1S/C21H32N4O/c1-16(2)21(5,15-22)23-20(26)18(4)25-12-10-24(11-13-25)14-19-9-7-6-8-17(19)3/h6-9,16,18H,10-14H2,1-5H3,(H,23,26)/t18-,21-/m1/s1. The van der Waals surface area contributed by atoms with Crippen molar-refractivity contribution in [2.45, 2.75) is 52.7 Å². The van der Waals surface area contributed by atoms with E-state index in [1.165, 1.54) is 11.1 Å². The topological polar surface area (TPSA) is 59.4 Å². The van der Waals surface area contributed by atoms with Crippen LogP contribution in [0.1, 0.15) is 38.8 Å². The molecule has 2 atom stereocenters. The lowest BCUT2D eigenvalue weighted by Crippen LogP contribution is -2.58. The molecule has 0 unspecified atom stereocenters. The van der Waals surface area contributed by atoms with E-state index in [-0.39, 0.29) is 17.9 Å². The lowest BCUT2D eigenvalue weighted by Gasteiger charge is -2.38. The van der Waals surface area contributed by atoms with E-state index < -0.39 is 5.54 Å². The number of nitrogens with zero attached hydrogens (tertiary/aromatic N) is 3. The van der Waals surface area contributed by atoms with Gasteiger partial charge in [-0.05, 0) is 37.8 Å². The van der Waals surface area contributed by atoms with Crippen molar-refractivity contribution in [1.29, 1.82) is 5.26 Å². The summed E-state index contributed by atoms with van der Waals surface area (Å²) in [5.41, 5.74) is 1.87. The van der Waals surface area contributed by atoms with E-state index in [1.54, 1.807) is 6.92 Å². The van der Waals surface area contributed by atoms with E-state index in [0.29, 0.717) is 0 Å². The smallest absolute Gasteiger partial charge is 0.238 e. The molecule has 0 saturated carbocycles. The second kappa shape index (κ2) is 8.66. The summed E-state index contributed by atoms with van der Waals surface area (Å²) < 4.78 is 0. The van der Waals surface area contributed by atoms with E-state index in [9.17, 15) is 10.1 Å². The zero-order valence-electron chi connectivity index (χ0n) is 16.7. The van der Waals surface area contributed by atoms with Crippen molar-refractivity contribution in [3.05, 3.63) is 35.4 Å². The van der Waals surface area contributed by atoms with Gasteiger partial charge in [-0.3, -0.25) is 14.6 Å². The maximum Gasteiger partial charge on any atom is 0.238 e. The number of nitrogens with one attached hydrogen (secondary N) is 1. The van der Waals surface area contributed by atoms with Gasteiger partial charge in [0.15, 0.2) is 0 Å². The Morgan fingerprint density at radius 1 is 1.23 bits per heavy atom. The lowest BCUT2D eigenvalue weighted by molar-refractivity contribution is -0.128. The first-order chi connectivity index (χ1) is 12.3. The number of benzene rings is 1. The van der Waals surface area contributed by atoms with E-state index in [2.05, 4.69) is 52.4 Å². The van der Waals surface area contributed by atoms with Gasteiger partial charge in [-0.15, -0.1) is 0 Å². The second-order valence-corrected chi connectivity index (χ2v) is 7.87. The quantitative estimate of drug-likeness (QED) is 0.851. The molecule has 1 saturated heterocycles. The molecule has 2 rings (SSSR count). The average molecular weight is 357 g/mol. The highest BCUT2D eigenvalue weighted by molar-refractivity contribution is 5.82. The molecule has 142 valence electrons. The van der Waals surface area contributed by atoms with Crippen LogP contribution in [0, 0.1) is 24.2 Å². The number of piperazine rings is 1. The van der Waals surface area contributed by atoms with Crippen LogP contribution in [0.2, 0.25) is 0 Å². The zero-order valence-corrected chi connectivity index (χ0v) is 16.7. The summed E-state index contributed by atoms with van der Waals surface area (Å²) in [6.07, 6.45) is 0. The molecule has 26 heavy (non-hydrogen) atoms. The Morgan fingerprint density at radius 3 is 2.38 bits per heavy atom. The number of hydrogen-bond donors (Lipinski definition) is 1. The Balaban J connectivity index is 1.88. The molecule has 1 fully saturated rings. The van der Waals surface area contributed by atoms with Crippen LogP contribution >= 0.6 is 0 Å². The molecule has 0 bridgehead atoms. The molecule has 1 aromatic carbocycles. The molecule has 1 amide bonds. The van der Waals surface area contributed by atoms with Gasteiger partial charge >= 0.3 is 0 Å². The van der Waals surface area contributed by atoms with E-state index in [1.807, 2.05) is 20.8 Å². The van der Waals surface area contributed by atoms with E-state index in [4.69, 9.17) is 0 Å². The molecule has 0 aliphatic carbocycles. The molecular weight excluding hydrogens is 324 g/mol. The van der Waals surface area contributed by atoms with Gasteiger partial charge in [0, 0.05) is 32.7 Å². The third-order valence-corrected chi connectivity index (χ3v) is 5.76. The average Bonchev–Trinajstić information content (AvgIpc) is 2.63. The minimum Gasteiger partial charge on any atom is -0.336 e. The highest BCUT2D eigenvalue weighted by Gasteiger charge is 2.33. The van der Waals surface area contributed by atoms with Gasteiger partial charge in [0.05, 0.1) is 12.1 Å². The van der Waals surface area contributed by atoms with Crippen LogP contribution in [-0.4, -0.2) is 53.5 Å². The van der Waals surface area contributed by atoms with Crippen LogP contribution in [0.3, 0.4) is 0 Å². The lowest BCUT2D eigenvalue weighted by atomic mass is 9.89. The van der Waals surface area contributed by atoms with Crippen LogP contribution in [-0.2, 0) is 11.3 Å². The molecule has 1 aliphatic rings. The van der Waals surface area contributed by atoms with Crippen molar-refractivity contribution < 1.29 is 4.79 Å². The third kappa shape index (κ3) is 4.84. The summed E-state index contributed by atoms with van der Waals surface area (Å²) in [6.45, 7) is 14.4. The van der Waals surface area contributed by atoms with Crippen molar-refractivity contribution in [3.8, 4) is 6.07 Å². The van der Waals surface area contributed by atoms with Gasteiger partial charge in [0.1, 0.15) is 5.54 Å². The number of rotatable bonds is 6. The Kier molecular flexibility index (Phi) is 6.80. The number of carbonyl (C=O) groups excluding carboxylic acids is 1. The fourth-order valence-electron chi connectivity index (χ4n) is 3.16. The van der Waals surface area contributed by atoms with Crippen molar-refractivity contribution in [1.82, 2.24) is 15.1 Å². The molecule has 0 spiro atoms. The Morgan fingerprint density at radius 2 is 1.85 bits per heavy atom. The summed E-state index contributed by atoms with van der Waals surface area (Å²) in [5.74, 6) is 0.00436. The molecule has 5 heteroatoms. The van der Waals surface area contributed by atoms with Crippen LogP contribution in [0.25, 0.3) is 0 Å². The van der Waals surface area contributed by atoms with Gasteiger partial charge in [-0.2, -0.15) is 5.26 Å². The molecule has 1 aliphatic heterocycles. The minimum atomic E-state index is -0.821. The van der Waals surface area contributed by atoms with E-state index >= 15 is 0 Å². The molecule has 0 radical (unpaired) electrons. The normalized spacial score (nSPS) is 19.6. The number of aryl methyl sites for hydroxylation is 1. The van der Waals surface area contributed by atoms with Crippen molar-refractivity contribution in [2.24, 2.45) is 5.92 Å². The van der Waals surface area contributed by atoms with Crippen molar-refractivity contribution >= 4 is 5.91 Å². The maximum atomic E-state index is 12.6. The highest BCUT2D eigenvalue weighted by Crippen LogP contribution is 2.17. The fourth-order valence-corrected chi connectivity index (χ4v) is 3.16. The monoisotopic (exact) mass is 356 g/mol. The predicted octanol–water partition coefficient (Wildman–Crippen LogP) is 2.56. The molecular formula is C21H32N4O. The first-order valence-electron chi connectivity index (χ1n) is 9.51. The summed E-state index contributed by atoms with van der Waals surface area (Å²) in [4.78, 5) is 17.3. The summed E-state index contributed by atoms with van der Waals surface area (Å²) in [6, 6.07) is 10.5. The van der Waals surface area contributed by atoms with Crippen LogP contribution in [0.5, 0.6) is 0 Å². The van der Waals surface area contributed by atoms with Crippen molar-refractivity contribution in [2.75, 3.05) is 26.2 Å². The minimum absolute atomic E-state index is 0.0601. The summed E-state index contributed by atoms with van der Waals surface area (Å²) >= 11 is 0. The number of nitriles is 1. The predicted molar refractivity (Wildman–Crippen MR) is 104 cm³/mol. The van der Waals surface area contributed by atoms with E-state index in [0.717, 1.165) is 32.7 Å². The van der Waals surface area contributed by atoms with Crippen LogP contribution in [0.15, 0.2) is 24.3 Å². The van der Waals surface area contributed by atoms with Crippen molar-refractivity contribution in [3.63, 3.8) is 0 Å². The summed E-state index contributed by atoms with van der Waals surface area (Å²) in [5, 5.41) is 12.4. The second-order valence-electron chi connectivity index (χ2n) is 7.87. The number of hydrogen-bond acceptors (Lipinski definition) is 4. The van der Waals surface area contributed by atoms with Crippen LogP contribution < -0.4 is 5.32 Å². The molecule has 5 nitrogen and oxygen atoms in total. The zero-order chi connectivity index (χ0) is 19.3. The molecule has 1 N–H and O–H groups in total. The Hall–Kier alpha value is -1.90. The largest absolute Gasteiger partial charge is 0.336 e. The third-order valence-electron chi connectivity index (χ3n) is 5.76. The molecule has 1 aromatic rings. The summed E-state index contributed by atoms with van der Waals surface area (Å²) in [7, 11) is 0. The van der Waals surface area contributed by atoms with Gasteiger partial charge in [0.25, 0.3) is 0 Å². The Labute approximate surface area is 158 Å². The SMILES string of the molecule is Cc1ccccc1CN1CCN([C@H](C)C(=O)N[C@](C)(C#N)C(C)C)CC1. The number of amides is 1. The highest BCUT2D eigenvalue weighted by atomic mass is 16.2. The van der Waals surface area contributed by atoms with Gasteiger partial charge < -0.3 is 5.32 Å². The first-order valence-corrected chi connectivity index (χ1v) is 9.51. The number of carbonyl (C=O) groups is 1. The first kappa shape index (κ1) is 20.4. The fraction of sp³-hybridized carbons (Fsp3) is 0.619. The van der Waals surface area contributed by atoms with Crippen LogP contribution in [0.4, 0.5) is 0 Å². The van der Waals surface area contributed by atoms with Gasteiger partial charge in [-0.25, -0.2) is 0 Å². The molecule has 1 heterocycles.